The van der Waals surface area contributed by atoms with Crippen LogP contribution in [0.2, 0.25) is 0 Å². The molecule has 0 bridgehead atoms. The SMILES string of the molecule is O=C(CN1CCN(CC(=O)Nc2nc(-c3cc(F)ccc3F)cs2)CC1)Nc1ccc(F)cc1. The maximum absolute atomic E-state index is 13.9. The molecule has 7 nitrogen and oxygen atoms in total. The number of nitrogens with one attached hydrogen (secondary N) is 2. The lowest BCUT2D eigenvalue weighted by molar-refractivity contribution is -0.120. The zero-order valence-corrected chi connectivity index (χ0v) is 18.9. The molecule has 4 rings (SSSR count). The average molecular weight is 490 g/mol. The van der Waals surface area contributed by atoms with Crippen molar-refractivity contribution in [1.29, 1.82) is 0 Å². The summed E-state index contributed by atoms with van der Waals surface area (Å²) in [4.78, 5) is 32.7. The lowest BCUT2D eigenvalue weighted by Crippen LogP contribution is -2.50. The molecule has 1 aliphatic heterocycles. The Morgan fingerprint density at radius 1 is 0.853 bits per heavy atom. The van der Waals surface area contributed by atoms with Gasteiger partial charge in [0, 0.05) is 42.8 Å². The number of thiazole rings is 1. The average Bonchev–Trinajstić information content (AvgIpc) is 3.26. The third kappa shape index (κ3) is 6.40. The Bertz CT molecular complexity index is 1160. The predicted molar refractivity (Wildman–Crippen MR) is 124 cm³/mol. The van der Waals surface area contributed by atoms with E-state index >= 15 is 0 Å². The van der Waals surface area contributed by atoms with Gasteiger partial charge >= 0.3 is 0 Å². The van der Waals surface area contributed by atoms with E-state index in [2.05, 4.69) is 15.6 Å². The molecule has 2 amide bonds. The summed E-state index contributed by atoms with van der Waals surface area (Å²) in [6, 6.07) is 8.71. The Kier molecular flexibility index (Phi) is 7.56. The van der Waals surface area contributed by atoms with Crippen molar-refractivity contribution in [3.05, 3.63) is 65.3 Å². The summed E-state index contributed by atoms with van der Waals surface area (Å²) in [5, 5.41) is 7.29. The fourth-order valence-electron chi connectivity index (χ4n) is 3.55. The van der Waals surface area contributed by atoms with Gasteiger partial charge in [-0.25, -0.2) is 18.2 Å². The number of nitrogens with zero attached hydrogens (tertiary/aromatic N) is 3. The third-order valence-electron chi connectivity index (χ3n) is 5.28. The molecule has 0 saturated carbocycles. The van der Waals surface area contributed by atoms with Crippen molar-refractivity contribution >= 4 is 34.0 Å². The van der Waals surface area contributed by atoms with Crippen LogP contribution in [0.5, 0.6) is 0 Å². The number of carbonyl (C=O) groups excluding carboxylic acids is 2. The second-order valence-corrected chi connectivity index (χ2v) is 8.68. The molecule has 3 aromatic rings. The summed E-state index contributed by atoms with van der Waals surface area (Å²) < 4.78 is 40.3. The summed E-state index contributed by atoms with van der Waals surface area (Å²) >= 11 is 1.13. The van der Waals surface area contributed by atoms with Gasteiger partial charge in [0.2, 0.25) is 11.8 Å². The van der Waals surface area contributed by atoms with Gasteiger partial charge in [0.15, 0.2) is 5.13 Å². The molecule has 178 valence electrons. The van der Waals surface area contributed by atoms with Crippen LogP contribution in [0.15, 0.2) is 47.8 Å². The van der Waals surface area contributed by atoms with Crippen molar-refractivity contribution in [3.8, 4) is 11.3 Å². The molecular weight excluding hydrogens is 467 g/mol. The molecule has 0 unspecified atom stereocenters. The number of benzene rings is 2. The van der Waals surface area contributed by atoms with Gasteiger partial charge in [-0.2, -0.15) is 0 Å². The fraction of sp³-hybridized carbons (Fsp3) is 0.261. The van der Waals surface area contributed by atoms with E-state index in [0.29, 0.717) is 37.0 Å². The molecule has 11 heteroatoms. The van der Waals surface area contributed by atoms with Gasteiger partial charge in [-0.15, -0.1) is 11.3 Å². The largest absolute Gasteiger partial charge is 0.325 e. The molecule has 0 radical (unpaired) electrons. The first kappa shape index (κ1) is 23.9. The maximum atomic E-state index is 13.9. The van der Waals surface area contributed by atoms with Gasteiger partial charge < -0.3 is 10.6 Å². The van der Waals surface area contributed by atoms with Crippen LogP contribution in [0.4, 0.5) is 24.0 Å². The first-order valence-corrected chi connectivity index (χ1v) is 11.4. The molecule has 0 atom stereocenters. The van der Waals surface area contributed by atoms with Gasteiger partial charge in [0.05, 0.1) is 18.8 Å². The molecule has 1 aliphatic rings. The summed E-state index contributed by atoms with van der Waals surface area (Å²) in [6.45, 7) is 2.80. The molecule has 1 fully saturated rings. The van der Waals surface area contributed by atoms with Crippen LogP contribution in [0.1, 0.15) is 0 Å². The van der Waals surface area contributed by atoms with Crippen LogP contribution in [0.25, 0.3) is 11.3 Å². The number of piperazine rings is 1. The monoisotopic (exact) mass is 489 g/mol. The highest BCUT2D eigenvalue weighted by atomic mass is 32.1. The number of hydrogen-bond acceptors (Lipinski definition) is 6. The number of halogens is 3. The summed E-state index contributed by atoms with van der Waals surface area (Å²) in [5.74, 6) is -1.97. The maximum Gasteiger partial charge on any atom is 0.240 e. The van der Waals surface area contributed by atoms with Gasteiger partial charge in [-0.05, 0) is 42.5 Å². The van der Waals surface area contributed by atoms with Crippen LogP contribution in [-0.4, -0.2) is 65.9 Å². The Morgan fingerprint density at radius 3 is 2.09 bits per heavy atom. The van der Waals surface area contributed by atoms with Crippen molar-refractivity contribution in [3.63, 3.8) is 0 Å². The highest BCUT2D eigenvalue weighted by Gasteiger charge is 2.21. The van der Waals surface area contributed by atoms with Crippen molar-refractivity contribution in [2.45, 2.75) is 0 Å². The van der Waals surface area contributed by atoms with E-state index in [-0.39, 0.29) is 42.0 Å². The van der Waals surface area contributed by atoms with Gasteiger partial charge in [0.1, 0.15) is 17.5 Å². The van der Waals surface area contributed by atoms with Gasteiger partial charge in [-0.1, -0.05) is 0 Å². The van der Waals surface area contributed by atoms with Crippen molar-refractivity contribution < 1.29 is 22.8 Å². The molecule has 34 heavy (non-hydrogen) atoms. The number of amides is 2. The summed E-state index contributed by atoms with van der Waals surface area (Å²) in [6.07, 6.45) is 0. The Morgan fingerprint density at radius 2 is 1.44 bits per heavy atom. The highest BCUT2D eigenvalue weighted by Crippen LogP contribution is 2.27. The number of carbonyl (C=O) groups is 2. The van der Waals surface area contributed by atoms with Gasteiger partial charge in [0.25, 0.3) is 0 Å². The normalized spacial score (nSPS) is 14.7. The van der Waals surface area contributed by atoms with Crippen molar-refractivity contribution in [1.82, 2.24) is 14.8 Å². The minimum absolute atomic E-state index is 0.0383. The lowest BCUT2D eigenvalue weighted by atomic mass is 10.1. The van der Waals surface area contributed by atoms with Crippen LogP contribution >= 0.6 is 11.3 Å². The minimum atomic E-state index is -0.589. The number of anilines is 2. The molecular formula is C23H22F3N5O2S. The van der Waals surface area contributed by atoms with E-state index < -0.39 is 11.6 Å². The Balaban J connectivity index is 1.21. The quantitative estimate of drug-likeness (QED) is 0.532. The van der Waals surface area contributed by atoms with E-state index in [1.54, 1.807) is 5.38 Å². The molecule has 2 heterocycles. The molecule has 1 aromatic heterocycles. The smallest absolute Gasteiger partial charge is 0.240 e. The number of aromatic nitrogens is 1. The highest BCUT2D eigenvalue weighted by molar-refractivity contribution is 7.14. The first-order valence-electron chi connectivity index (χ1n) is 10.6. The standard InChI is InChI=1S/C23H22F3N5O2S/c24-15-1-4-17(5-2-15)27-21(32)12-30-7-9-31(10-8-30)13-22(33)29-23-28-20(14-34-23)18-11-16(25)3-6-19(18)26/h1-6,11,14H,7-10,12-13H2,(H,27,32)(H,28,29,33). The third-order valence-corrected chi connectivity index (χ3v) is 6.04. The predicted octanol–water partition coefficient (Wildman–Crippen LogP) is 3.42. The van der Waals surface area contributed by atoms with Crippen LogP contribution < -0.4 is 10.6 Å². The molecule has 2 aromatic carbocycles. The molecule has 1 saturated heterocycles. The lowest BCUT2D eigenvalue weighted by Gasteiger charge is -2.33. The second-order valence-electron chi connectivity index (χ2n) is 7.82. The molecule has 2 N–H and O–H groups in total. The summed E-state index contributed by atoms with van der Waals surface area (Å²) in [7, 11) is 0. The Hall–Kier alpha value is -3.28. The van der Waals surface area contributed by atoms with Crippen LogP contribution in [0.3, 0.4) is 0 Å². The van der Waals surface area contributed by atoms with Crippen LogP contribution in [0, 0.1) is 17.5 Å². The first-order chi connectivity index (χ1) is 16.4. The molecule has 0 spiro atoms. The zero-order valence-electron chi connectivity index (χ0n) is 18.1. The van der Waals surface area contributed by atoms with Crippen molar-refractivity contribution in [2.75, 3.05) is 49.9 Å². The van der Waals surface area contributed by atoms with E-state index in [0.717, 1.165) is 29.5 Å². The topological polar surface area (TPSA) is 77.6 Å². The summed E-state index contributed by atoms with van der Waals surface area (Å²) in [5.41, 5.74) is 0.827. The minimum Gasteiger partial charge on any atom is -0.325 e. The molecule has 0 aliphatic carbocycles. The van der Waals surface area contributed by atoms with E-state index in [9.17, 15) is 22.8 Å². The fourth-order valence-corrected chi connectivity index (χ4v) is 4.28. The van der Waals surface area contributed by atoms with E-state index in [1.165, 1.54) is 24.3 Å². The van der Waals surface area contributed by atoms with Crippen LogP contribution in [-0.2, 0) is 9.59 Å². The number of rotatable bonds is 7. The Labute approximate surface area is 198 Å². The van der Waals surface area contributed by atoms with Gasteiger partial charge in [-0.3, -0.25) is 19.4 Å². The number of hydrogen-bond donors (Lipinski definition) is 2. The van der Waals surface area contributed by atoms with E-state index in [1.807, 2.05) is 9.80 Å². The second kappa shape index (κ2) is 10.8. The van der Waals surface area contributed by atoms with E-state index in [4.69, 9.17) is 0 Å². The zero-order chi connectivity index (χ0) is 24.1. The van der Waals surface area contributed by atoms with Crippen molar-refractivity contribution in [2.24, 2.45) is 0 Å².